The highest BCUT2D eigenvalue weighted by Gasteiger charge is 2.25. The summed E-state index contributed by atoms with van der Waals surface area (Å²) in [5, 5.41) is 8.74. The Hall–Kier alpha value is -0.530. The molecule has 0 aromatic carbocycles. The molecule has 0 rings (SSSR count). The van der Waals surface area contributed by atoms with Gasteiger partial charge in [-0.05, 0) is 11.8 Å². The Morgan fingerprint density at radius 2 is 1.83 bits per heavy atom. The quantitative estimate of drug-likeness (QED) is 0.692. The molecule has 0 heterocycles. The molecule has 12 heavy (non-hydrogen) atoms. The van der Waals surface area contributed by atoms with Gasteiger partial charge in [-0.1, -0.05) is 40.5 Å². The molecule has 0 radical (unpaired) electrons. The molecule has 0 aliphatic carbocycles. The summed E-state index contributed by atoms with van der Waals surface area (Å²) < 4.78 is 0. The van der Waals surface area contributed by atoms with E-state index in [1.807, 2.05) is 0 Å². The first-order valence-electron chi connectivity index (χ1n) is 4.68. The second kappa shape index (κ2) is 4.48. The zero-order chi connectivity index (χ0) is 9.78. The van der Waals surface area contributed by atoms with Crippen molar-refractivity contribution in [2.45, 2.75) is 47.0 Å². The van der Waals surface area contributed by atoms with E-state index in [2.05, 4.69) is 20.8 Å². The highest BCUT2D eigenvalue weighted by atomic mass is 16.4. The third kappa shape index (κ3) is 3.24. The van der Waals surface area contributed by atoms with Crippen LogP contribution in [0.2, 0.25) is 0 Å². The minimum Gasteiger partial charge on any atom is -0.481 e. The van der Waals surface area contributed by atoms with Crippen molar-refractivity contribution in [2.24, 2.45) is 11.3 Å². The third-order valence-electron chi connectivity index (χ3n) is 2.93. The van der Waals surface area contributed by atoms with Crippen molar-refractivity contribution in [3.63, 3.8) is 0 Å². The third-order valence-corrected chi connectivity index (χ3v) is 2.93. The van der Waals surface area contributed by atoms with E-state index in [9.17, 15) is 4.79 Å². The van der Waals surface area contributed by atoms with Gasteiger partial charge in [0.1, 0.15) is 0 Å². The van der Waals surface area contributed by atoms with Crippen LogP contribution in [0.1, 0.15) is 47.0 Å². The maximum Gasteiger partial charge on any atom is 0.306 e. The van der Waals surface area contributed by atoms with Gasteiger partial charge in [0.15, 0.2) is 0 Å². The Morgan fingerprint density at radius 3 is 2.08 bits per heavy atom. The van der Waals surface area contributed by atoms with E-state index in [1.54, 1.807) is 6.92 Å². The highest BCUT2D eigenvalue weighted by Crippen LogP contribution is 2.32. The minimum absolute atomic E-state index is 0.206. The molecular formula is C10H20O2. The van der Waals surface area contributed by atoms with Crippen molar-refractivity contribution in [1.82, 2.24) is 0 Å². The van der Waals surface area contributed by atoms with Crippen molar-refractivity contribution in [3.05, 3.63) is 0 Å². The number of rotatable bonds is 5. The number of carboxylic acid groups (broad SMARTS) is 1. The Bertz CT molecular complexity index is 148. The van der Waals surface area contributed by atoms with E-state index in [1.165, 1.54) is 0 Å². The normalized spacial score (nSPS) is 14.3. The molecule has 72 valence electrons. The molecule has 0 unspecified atom stereocenters. The van der Waals surface area contributed by atoms with Crippen molar-refractivity contribution >= 4 is 5.97 Å². The van der Waals surface area contributed by atoms with Crippen molar-refractivity contribution in [3.8, 4) is 0 Å². The minimum atomic E-state index is -0.678. The van der Waals surface area contributed by atoms with Gasteiger partial charge in [-0.3, -0.25) is 4.79 Å². The fraction of sp³-hybridized carbons (Fsp3) is 0.900. The van der Waals surface area contributed by atoms with Crippen LogP contribution >= 0.6 is 0 Å². The maximum absolute atomic E-state index is 10.6. The van der Waals surface area contributed by atoms with E-state index >= 15 is 0 Å². The average Bonchev–Trinajstić information content (AvgIpc) is 2.04. The molecule has 0 amide bonds. The molecule has 2 heteroatoms. The monoisotopic (exact) mass is 172 g/mol. The lowest BCUT2D eigenvalue weighted by Crippen LogP contribution is -2.22. The zero-order valence-electron chi connectivity index (χ0n) is 8.55. The molecule has 0 saturated heterocycles. The number of aliphatic carboxylic acids is 1. The van der Waals surface area contributed by atoms with Crippen molar-refractivity contribution in [2.75, 3.05) is 0 Å². The molecule has 0 saturated carbocycles. The van der Waals surface area contributed by atoms with Crippen LogP contribution in [0.25, 0.3) is 0 Å². The molecule has 0 aromatic rings. The predicted molar refractivity (Wildman–Crippen MR) is 50.1 cm³/mol. The number of carboxylic acids is 1. The second-order valence-corrected chi connectivity index (χ2v) is 3.96. The first-order valence-corrected chi connectivity index (χ1v) is 4.68. The van der Waals surface area contributed by atoms with Gasteiger partial charge < -0.3 is 5.11 Å². The maximum atomic E-state index is 10.6. The van der Waals surface area contributed by atoms with Gasteiger partial charge in [0, 0.05) is 0 Å². The average molecular weight is 172 g/mol. The first-order chi connectivity index (χ1) is 5.45. The summed E-state index contributed by atoms with van der Waals surface area (Å²) in [6.07, 6.45) is 2.90. The fourth-order valence-electron chi connectivity index (χ4n) is 1.37. The van der Waals surface area contributed by atoms with E-state index in [4.69, 9.17) is 5.11 Å². The van der Waals surface area contributed by atoms with Gasteiger partial charge in [-0.25, -0.2) is 0 Å². The molecule has 0 fully saturated rings. The summed E-state index contributed by atoms with van der Waals surface area (Å²) in [4.78, 5) is 10.6. The summed E-state index contributed by atoms with van der Waals surface area (Å²) in [6.45, 7) is 8.19. The molecule has 0 aromatic heterocycles. The zero-order valence-corrected chi connectivity index (χ0v) is 8.55. The van der Waals surface area contributed by atoms with Gasteiger partial charge >= 0.3 is 5.97 Å². The molecule has 1 N–H and O–H groups in total. The summed E-state index contributed by atoms with van der Waals surface area (Å²) in [7, 11) is 0. The van der Waals surface area contributed by atoms with Gasteiger partial charge in [0.05, 0.1) is 5.92 Å². The molecule has 0 aliphatic rings. The highest BCUT2D eigenvalue weighted by molar-refractivity contribution is 5.69. The van der Waals surface area contributed by atoms with Gasteiger partial charge in [0.2, 0.25) is 0 Å². The largest absolute Gasteiger partial charge is 0.481 e. The molecule has 1 atom stereocenters. The fourth-order valence-corrected chi connectivity index (χ4v) is 1.37. The summed E-state index contributed by atoms with van der Waals surface area (Å²) in [5.41, 5.74) is 0.206. The SMILES string of the molecule is CCC(C)(CC)C[C@@H](C)C(=O)O. The van der Waals surface area contributed by atoms with Crippen LogP contribution in [0, 0.1) is 11.3 Å². The lowest BCUT2D eigenvalue weighted by atomic mass is 9.77. The van der Waals surface area contributed by atoms with E-state index in [0.29, 0.717) is 0 Å². The Morgan fingerprint density at radius 1 is 1.42 bits per heavy atom. The van der Waals surface area contributed by atoms with Crippen LogP contribution in [0.5, 0.6) is 0 Å². The topological polar surface area (TPSA) is 37.3 Å². The number of carbonyl (C=O) groups is 1. The van der Waals surface area contributed by atoms with E-state index in [0.717, 1.165) is 19.3 Å². The predicted octanol–water partition coefficient (Wildman–Crippen LogP) is 2.92. The summed E-state index contributed by atoms with van der Waals surface area (Å²) in [5.74, 6) is -0.891. The standard InChI is InChI=1S/C10H20O2/c1-5-10(4,6-2)7-8(3)9(11)12/h8H,5-7H2,1-4H3,(H,11,12)/t8-/m1/s1. The number of hydrogen-bond acceptors (Lipinski definition) is 1. The molecule has 0 spiro atoms. The Labute approximate surface area is 75.0 Å². The van der Waals surface area contributed by atoms with Gasteiger partial charge in [-0.15, -0.1) is 0 Å². The van der Waals surface area contributed by atoms with Crippen molar-refractivity contribution in [1.29, 1.82) is 0 Å². The number of hydrogen-bond donors (Lipinski definition) is 1. The van der Waals surface area contributed by atoms with E-state index < -0.39 is 5.97 Å². The van der Waals surface area contributed by atoms with Crippen LogP contribution in [0.4, 0.5) is 0 Å². The molecule has 0 bridgehead atoms. The lowest BCUT2D eigenvalue weighted by Gasteiger charge is -2.28. The Kier molecular flexibility index (Phi) is 4.29. The van der Waals surface area contributed by atoms with Crippen LogP contribution in [-0.2, 0) is 4.79 Å². The van der Waals surface area contributed by atoms with E-state index in [-0.39, 0.29) is 11.3 Å². The molecular weight excluding hydrogens is 152 g/mol. The lowest BCUT2D eigenvalue weighted by molar-refractivity contribution is -0.142. The van der Waals surface area contributed by atoms with Crippen molar-refractivity contribution < 1.29 is 9.90 Å². The smallest absolute Gasteiger partial charge is 0.306 e. The van der Waals surface area contributed by atoms with Gasteiger partial charge in [0.25, 0.3) is 0 Å². The molecule has 0 aliphatic heterocycles. The summed E-state index contributed by atoms with van der Waals surface area (Å²) >= 11 is 0. The van der Waals surface area contributed by atoms with Crippen LogP contribution in [0.15, 0.2) is 0 Å². The first kappa shape index (κ1) is 11.5. The Balaban J connectivity index is 4.11. The summed E-state index contributed by atoms with van der Waals surface area (Å²) in [6, 6.07) is 0. The van der Waals surface area contributed by atoms with Crippen LogP contribution in [0.3, 0.4) is 0 Å². The molecule has 2 nitrogen and oxygen atoms in total. The van der Waals surface area contributed by atoms with Crippen LogP contribution in [-0.4, -0.2) is 11.1 Å². The van der Waals surface area contributed by atoms with Gasteiger partial charge in [-0.2, -0.15) is 0 Å². The van der Waals surface area contributed by atoms with Crippen LogP contribution < -0.4 is 0 Å². The second-order valence-electron chi connectivity index (χ2n) is 3.96.